The molecule has 2 nitrogen and oxygen atoms in total. The number of thiol groups is 1. The molecule has 4 heteroatoms. The molecule has 0 bridgehead atoms. The van der Waals surface area contributed by atoms with E-state index in [1.165, 1.54) is 0 Å². The fourth-order valence-corrected chi connectivity index (χ4v) is 1.14. The molecule has 0 saturated heterocycles. The van der Waals surface area contributed by atoms with Crippen molar-refractivity contribution in [3.8, 4) is 0 Å². The van der Waals surface area contributed by atoms with Gasteiger partial charge in [0.2, 0.25) is 0 Å². The number of halogens is 1. The monoisotopic (exact) mass is 201 g/mol. The van der Waals surface area contributed by atoms with E-state index in [1.807, 2.05) is 13.0 Å². The number of benzene rings is 1. The van der Waals surface area contributed by atoms with E-state index in [0.29, 0.717) is 10.7 Å². The zero-order valence-electron chi connectivity index (χ0n) is 6.47. The van der Waals surface area contributed by atoms with Crippen LogP contribution in [0.25, 0.3) is 0 Å². The van der Waals surface area contributed by atoms with Crippen LogP contribution in [0, 0.1) is 6.92 Å². The third kappa shape index (κ3) is 2.43. The van der Waals surface area contributed by atoms with Gasteiger partial charge in [-0.2, -0.15) is 0 Å². The molecule has 1 aromatic carbocycles. The summed E-state index contributed by atoms with van der Waals surface area (Å²) in [6, 6.07) is 5.29. The summed E-state index contributed by atoms with van der Waals surface area (Å²) in [6.07, 6.45) is 0. The molecule has 0 unspecified atom stereocenters. The Labute approximate surface area is 81.3 Å². The minimum atomic E-state index is -0.389. The molecule has 0 atom stereocenters. The van der Waals surface area contributed by atoms with E-state index in [-0.39, 0.29) is 5.24 Å². The molecule has 1 amide bonds. The minimum Gasteiger partial charge on any atom is -0.317 e. The lowest BCUT2D eigenvalue weighted by Crippen LogP contribution is -2.02. The Morgan fingerprint density at radius 1 is 1.58 bits per heavy atom. The number of hydrogen-bond acceptors (Lipinski definition) is 1. The average Bonchev–Trinajstić information content (AvgIpc) is 1.96. The van der Waals surface area contributed by atoms with Crippen LogP contribution >= 0.6 is 24.2 Å². The van der Waals surface area contributed by atoms with Gasteiger partial charge in [0.25, 0.3) is 5.24 Å². The Morgan fingerprint density at radius 3 is 2.83 bits per heavy atom. The Balaban J connectivity index is 2.97. The van der Waals surface area contributed by atoms with Crippen molar-refractivity contribution in [2.75, 3.05) is 5.32 Å². The van der Waals surface area contributed by atoms with E-state index in [0.717, 1.165) is 5.56 Å². The fraction of sp³-hybridized carbons (Fsp3) is 0.125. The first-order valence-electron chi connectivity index (χ1n) is 3.35. The second-order valence-electron chi connectivity index (χ2n) is 2.39. The van der Waals surface area contributed by atoms with Crippen LogP contribution in [-0.4, -0.2) is 5.24 Å². The van der Waals surface area contributed by atoms with Crippen LogP contribution in [-0.2, 0) is 0 Å². The first kappa shape index (κ1) is 9.42. The maximum absolute atomic E-state index is 10.6. The van der Waals surface area contributed by atoms with E-state index in [2.05, 4.69) is 17.9 Å². The van der Waals surface area contributed by atoms with Crippen LogP contribution in [0.3, 0.4) is 0 Å². The number of hydrogen-bond donors (Lipinski definition) is 2. The number of carbonyl (C=O) groups is 1. The van der Waals surface area contributed by atoms with Gasteiger partial charge in [-0.1, -0.05) is 30.3 Å². The summed E-state index contributed by atoms with van der Waals surface area (Å²) in [5.74, 6) is 0. The molecule has 0 aliphatic rings. The topological polar surface area (TPSA) is 29.1 Å². The summed E-state index contributed by atoms with van der Waals surface area (Å²) in [5.41, 5.74) is 1.66. The van der Waals surface area contributed by atoms with E-state index >= 15 is 0 Å². The number of amides is 1. The molecule has 0 fully saturated rings. The van der Waals surface area contributed by atoms with Gasteiger partial charge in [0.15, 0.2) is 0 Å². The minimum absolute atomic E-state index is 0.389. The van der Waals surface area contributed by atoms with Gasteiger partial charge in [-0.05, 0) is 24.6 Å². The van der Waals surface area contributed by atoms with Crippen LogP contribution in [0.5, 0.6) is 0 Å². The second kappa shape index (κ2) is 3.83. The van der Waals surface area contributed by atoms with Crippen molar-refractivity contribution in [1.29, 1.82) is 0 Å². The molecule has 64 valence electrons. The van der Waals surface area contributed by atoms with Gasteiger partial charge in [-0.3, -0.25) is 4.79 Å². The predicted molar refractivity (Wildman–Crippen MR) is 54.2 cm³/mol. The van der Waals surface area contributed by atoms with Gasteiger partial charge < -0.3 is 5.32 Å². The first-order chi connectivity index (χ1) is 5.59. The van der Waals surface area contributed by atoms with Gasteiger partial charge in [0.1, 0.15) is 0 Å². The molecule has 0 aliphatic carbocycles. The summed E-state index contributed by atoms with van der Waals surface area (Å²) < 4.78 is 0. The lowest BCUT2D eigenvalue weighted by atomic mass is 10.2. The SMILES string of the molecule is Cc1ccc(Cl)cc1NC(=O)S. The number of rotatable bonds is 1. The maximum Gasteiger partial charge on any atom is 0.280 e. The van der Waals surface area contributed by atoms with E-state index < -0.39 is 0 Å². The maximum atomic E-state index is 10.6. The van der Waals surface area contributed by atoms with Gasteiger partial charge in [-0.15, -0.1) is 0 Å². The molecule has 12 heavy (non-hydrogen) atoms. The highest BCUT2D eigenvalue weighted by molar-refractivity contribution is 7.96. The summed E-state index contributed by atoms with van der Waals surface area (Å²) in [4.78, 5) is 10.6. The van der Waals surface area contributed by atoms with Crippen molar-refractivity contribution in [2.45, 2.75) is 6.92 Å². The Hall–Kier alpha value is -0.670. The number of aryl methyl sites for hydroxylation is 1. The molecular formula is C8H8ClNOS. The van der Waals surface area contributed by atoms with Gasteiger partial charge in [0, 0.05) is 10.7 Å². The highest BCUT2D eigenvalue weighted by atomic mass is 35.5. The van der Waals surface area contributed by atoms with Crippen molar-refractivity contribution in [3.05, 3.63) is 28.8 Å². The summed E-state index contributed by atoms with van der Waals surface area (Å²) in [7, 11) is 0. The van der Waals surface area contributed by atoms with E-state index in [4.69, 9.17) is 11.6 Å². The van der Waals surface area contributed by atoms with Crippen LogP contribution in [0.4, 0.5) is 10.5 Å². The zero-order chi connectivity index (χ0) is 9.14. The van der Waals surface area contributed by atoms with Crippen LogP contribution in [0.1, 0.15) is 5.56 Å². The smallest absolute Gasteiger partial charge is 0.280 e. The predicted octanol–water partition coefficient (Wildman–Crippen LogP) is 3.11. The third-order valence-corrected chi connectivity index (χ3v) is 1.79. The molecular weight excluding hydrogens is 194 g/mol. The first-order valence-corrected chi connectivity index (χ1v) is 4.18. The molecule has 1 rings (SSSR count). The largest absolute Gasteiger partial charge is 0.317 e. The van der Waals surface area contributed by atoms with Crippen molar-refractivity contribution >= 4 is 35.2 Å². The Morgan fingerprint density at radius 2 is 2.25 bits per heavy atom. The van der Waals surface area contributed by atoms with Crippen molar-refractivity contribution in [2.24, 2.45) is 0 Å². The van der Waals surface area contributed by atoms with Crippen molar-refractivity contribution in [3.63, 3.8) is 0 Å². The van der Waals surface area contributed by atoms with Crippen LogP contribution < -0.4 is 5.32 Å². The molecule has 1 N–H and O–H groups in total. The normalized spacial score (nSPS) is 9.58. The lowest BCUT2D eigenvalue weighted by molar-refractivity contribution is 0.270. The van der Waals surface area contributed by atoms with Gasteiger partial charge >= 0.3 is 0 Å². The average molecular weight is 202 g/mol. The Bertz CT molecular complexity index is 314. The van der Waals surface area contributed by atoms with Crippen LogP contribution in [0.15, 0.2) is 18.2 Å². The third-order valence-electron chi connectivity index (χ3n) is 1.44. The van der Waals surface area contributed by atoms with Crippen molar-refractivity contribution < 1.29 is 4.79 Å². The molecule has 0 heterocycles. The fourth-order valence-electron chi connectivity index (χ4n) is 0.844. The molecule has 0 radical (unpaired) electrons. The van der Waals surface area contributed by atoms with E-state index in [1.54, 1.807) is 12.1 Å². The summed E-state index contributed by atoms with van der Waals surface area (Å²) in [6.45, 7) is 1.88. The molecule has 0 spiro atoms. The molecule has 0 saturated carbocycles. The number of carbonyl (C=O) groups excluding carboxylic acids is 1. The second-order valence-corrected chi connectivity index (χ2v) is 3.23. The van der Waals surface area contributed by atoms with Crippen molar-refractivity contribution in [1.82, 2.24) is 0 Å². The zero-order valence-corrected chi connectivity index (χ0v) is 8.12. The summed E-state index contributed by atoms with van der Waals surface area (Å²) >= 11 is 9.32. The molecule has 0 aromatic heterocycles. The standard InChI is InChI=1S/C8H8ClNOS/c1-5-2-3-6(9)4-7(5)10-8(11)12/h2-4H,1H3,(H2,10,11,12). The van der Waals surface area contributed by atoms with Crippen LogP contribution in [0.2, 0.25) is 5.02 Å². The molecule has 1 aromatic rings. The molecule has 0 aliphatic heterocycles. The Kier molecular flexibility index (Phi) is 3.00. The quantitative estimate of drug-likeness (QED) is 0.672. The number of anilines is 1. The lowest BCUT2D eigenvalue weighted by Gasteiger charge is -2.05. The highest BCUT2D eigenvalue weighted by Gasteiger charge is 2.00. The van der Waals surface area contributed by atoms with Gasteiger partial charge in [0.05, 0.1) is 0 Å². The summed E-state index contributed by atoms with van der Waals surface area (Å²) in [5, 5.41) is 2.76. The number of nitrogens with one attached hydrogen (secondary N) is 1. The highest BCUT2D eigenvalue weighted by Crippen LogP contribution is 2.20. The van der Waals surface area contributed by atoms with Gasteiger partial charge in [-0.25, -0.2) is 0 Å². The van der Waals surface area contributed by atoms with E-state index in [9.17, 15) is 4.79 Å².